The number of carbonyl (C=O) groups excluding carboxylic acids is 1. The zero-order valence-electron chi connectivity index (χ0n) is 9.77. The number of hydrogen-bond acceptors (Lipinski definition) is 3. The lowest BCUT2D eigenvalue weighted by atomic mass is 10.3. The lowest BCUT2D eigenvalue weighted by Gasteiger charge is -2.07. The molecule has 1 N–H and O–H groups in total. The van der Waals surface area contributed by atoms with Crippen LogP contribution < -0.4 is 10.1 Å². The number of hydrogen-bond donors (Lipinski definition) is 1. The quantitative estimate of drug-likeness (QED) is 0.880. The van der Waals surface area contributed by atoms with Crippen LogP contribution in [-0.4, -0.2) is 17.5 Å². The fraction of sp³-hybridized carbons (Fsp3) is 0.0769. The fourth-order valence-electron chi connectivity index (χ4n) is 1.36. The third kappa shape index (κ3) is 4.43. The van der Waals surface area contributed by atoms with Crippen LogP contribution in [0.1, 0.15) is 0 Å². The summed E-state index contributed by atoms with van der Waals surface area (Å²) in [6.07, 6.45) is 1.45. The van der Waals surface area contributed by atoms with E-state index >= 15 is 0 Å². The van der Waals surface area contributed by atoms with Gasteiger partial charge in [-0.2, -0.15) is 0 Å². The first-order valence-corrected chi connectivity index (χ1v) is 6.19. The maximum Gasteiger partial charge on any atom is 0.262 e. The minimum Gasteiger partial charge on any atom is -0.482 e. The molecule has 1 aromatic carbocycles. The van der Waals surface area contributed by atoms with Gasteiger partial charge in [0.1, 0.15) is 10.9 Å². The van der Waals surface area contributed by atoms with E-state index in [0.717, 1.165) is 0 Å². The van der Waals surface area contributed by atoms with E-state index in [1.165, 1.54) is 6.20 Å². The molecule has 0 radical (unpaired) electrons. The minimum absolute atomic E-state index is 0.115. The second kappa shape index (κ2) is 6.41. The first kappa shape index (κ1) is 13.6. The van der Waals surface area contributed by atoms with Gasteiger partial charge in [0.05, 0.1) is 6.20 Å². The van der Waals surface area contributed by atoms with Gasteiger partial charge in [0.25, 0.3) is 5.91 Å². The molecule has 1 aromatic heterocycles. The van der Waals surface area contributed by atoms with Gasteiger partial charge < -0.3 is 10.1 Å². The number of benzene rings is 1. The molecule has 0 aliphatic rings. The molecule has 2 aromatic rings. The summed E-state index contributed by atoms with van der Waals surface area (Å²) in [6.45, 7) is -0.115. The van der Waals surface area contributed by atoms with E-state index in [2.05, 4.69) is 10.3 Å². The maximum atomic E-state index is 11.6. The molecular weight excluding hydrogens is 287 g/mol. The van der Waals surface area contributed by atoms with Crippen molar-refractivity contribution in [2.24, 2.45) is 0 Å². The number of nitrogens with one attached hydrogen (secondary N) is 1. The van der Waals surface area contributed by atoms with Gasteiger partial charge in [0.15, 0.2) is 6.61 Å². The van der Waals surface area contributed by atoms with Crippen LogP contribution >= 0.6 is 23.2 Å². The molecule has 0 aliphatic carbocycles. The number of rotatable bonds is 4. The lowest BCUT2D eigenvalue weighted by Crippen LogP contribution is -2.20. The molecule has 19 heavy (non-hydrogen) atoms. The second-order valence-electron chi connectivity index (χ2n) is 3.66. The van der Waals surface area contributed by atoms with Crippen LogP contribution in [0.15, 0.2) is 42.6 Å². The number of halogens is 2. The van der Waals surface area contributed by atoms with Crippen LogP contribution in [0.4, 0.5) is 5.69 Å². The van der Waals surface area contributed by atoms with Crippen LogP contribution in [0, 0.1) is 0 Å². The number of ether oxygens (including phenoxy) is 1. The summed E-state index contributed by atoms with van der Waals surface area (Å²) >= 11 is 11.5. The van der Waals surface area contributed by atoms with Gasteiger partial charge in [-0.05, 0) is 30.3 Å². The van der Waals surface area contributed by atoms with Crippen molar-refractivity contribution in [2.45, 2.75) is 0 Å². The molecule has 6 heteroatoms. The zero-order chi connectivity index (χ0) is 13.7. The highest BCUT2D eigenvalue weighted by molar-refractivity contribution is 6.31. The molecule has 1 heterocycles. The molecule has 2 rings (SSSR count). The number of pyridine rings is 1. The number of amides is 1. The summed E-state index contributed by atoms with van der Waals surface area (Å²) < 4.78 is 5.26. The molecule has 4 nitrogen and oxygen atoms in total. The Morgan fingerprint density at radius 1 is 1.26 bits per heavy atom. The topological polar surface area (TPSA) is 51.2 Å². The Morgan fingerprint density at radius 3 is 2.79 bits per heavy atom. The Bertz CT molecular complexity index is 573. The van der Waals surface area contributed by atoms with Crippen LogP contribution in [0.2, 0.25) is 10.2 Å². The summed E-state index contributed by atoms with van der Waals surface area (Å²) in [7, 11) is 0. The number of carbonyl (C=O) groups is 1. The largest absolute Gasteiger partial charge is 0.482 e. The van der Waals surface area contributed by atoms with E-state index < -0.39 is 0 Å². The predicted molar refractivity (Wildman–Crippen MR) is 74.8 cm³/mol. The molecule has 98 valence electrons. The first-order chi connectivity index (χ1) is 9.13. The van der Waals surface area contributed by atoms with Gasteiger partial charge in [0, 0.05) is 10.7 Å². The lowest BCUT2D eigenvalue weighted by molar-refractivity contribution is -0.118. The predicted octanol–water partition coefficient (Wildman–Crippen LogP) is 3.41. The molecule has 0 saturated carbocycles. The van der Waals surface area contributed by atoms with Crippen LogP contribution in [0.25, 0.3) is 0 Å². The van der Waals surface area contributed by atoms with Crippen LogP contribution in [0.3, 0.4) is 0 Å². The van der Waals surface area contributed by atoms with Gasteiger partial charge in [-0.25, -0.2) is 4.98 Å². The third-order valence-corrected chi connectivity index (χ3v) is 2.64. The van der Waals surface area contributed by atoms with Crippen LogP contribution in [-0.2, 0) is 4.79 Å². The van der Waals surface area contributed by atoms with Crippen molar-refractivity contribution in [1.29, 1.82) is 0 Å². The summed E-state index contributed by atoms with van der Waals surface area (Å²) in [4.78, 5) is 15.5. The minimum atomic E-state index is -0.280. The summed E-state index contributed by atoms with van der Waals surface area (Å²) in [5.41, 5.74) is 0.621. The maximum absolute atomic E-state index is 11.6. The van der Waals surface area contributed by atoms with Crippen molar-refractivity contribution in [3.05, 3.63) is 52.8 Å². The van der Waals surface area contributed by atoms with Crippen molar-refractivity contribution in [3.8, 4) is 5.75 Å². The molecular formula is C13H10Cl2N2O2. The van der Waals surface area contributed by atoms with Gasteiger partial charge in [-0.1, -0.05) is 29.3 Å². The Balaban J connectivity index is 1.86. The highest BCUT2D eigenvalue weighted by Gasteiger charge is 2.04. The van der Waals surface area contributed by atoms with Crippen LogP contribution in [0.5, 0.6) is 5.75 Å². The summed E-state index contributed by atoms with van der Waals surface area (Å²) in [5.74, 6) is 0.197. The number of anilines is 1. The SMILES string of the molecule is O=C(COc1ccc(Cl)nc1)Nc1cccc(Cl)c1. The molecule has 0 bridgehead atoms. The van der Waals surface area contributed by atoms with Crippen molar-refractivity contribution >= 4 is 34.8 Å². The molecule has 0 fully saturated rings. The molecule has 0 aliphatic heterocycles. The monoisotopic (exact) mass is 296 g/mol. The Kier molecular flexibility index (Phi) is 4.60. The highest BCUT2D eigenvalue weighted by Crippen LogP contribution is 2.15. The molecule has 0 saturated heterocycles. The van der Waals surface area contributed by atoms with E-state index in [1.54, 1.807) is 36.4 Å². The fourth-order valence-corrected chi connectivity index (χ4v) is 1.66. The van der Waals surface area contributed by atoms with Gasteiger partial charge >= 0.3 is 0 Å². The Labute approximate surface area is 120 Å². The number of nitrogens with zero attached hydrogens (tertiary/aromatic N) is 1. The summed E-state index contributed by atoms with van der Waals surface area (Å²) in [6, 6.07) is 10.1. The van der Waals surface area contributed by atoms with E-state index in [1.807, 2.05) is 0 Å². The van der Waals surface area contributed by atoms with Gasteiger partial charge in [0.2, 0.25) is 0 Å². The summed E-state index contributed by atoms with van der Waals surface area (Å²) in [5, 5.41) is 3.60. The molecule has 0 unspecified atom stereocenters. The van der Waals surface area contributed by atoms with Crippen molar-refractivity contribution in [3.63, 3.8) is 0 Å². The number of aromatic nitrogens is 1. The molecule has 1 amide bonds. The van der Waals surface area contributed by atoms with E-state index in [0.29, 0.717) is 21.6 Å². The Hall–Kier alpha value is -1.78. The average Bonchev–Trinajstić information content (AvgIpc) is 2.38. The third-order valence-electron chi connectivity index (χ3n) is 2.18. The first-order valence-electron chi connectivity index (χ1n) is 5.43. The van der Waals surface area contributed by atoms with Gasteiger partial charge in [-0.15, -0.1) is 0 Å². The van der Waals surface area contributed by atoms with Crippen molar-refractivity contribution in [1.82, 2.24) is 4.98 Å². The standard InChI is InChI=1S/C13H10Cl2N2O2/c14-9-2-1-3-10(6-9)17-13(18)8-19-11-4-5-12(15)16-7-11/h1-7H,8H2,(H,17,18). The Morgan fingerprint density at radius 2 is 2.11 bits per heavy atom. The van der Waals surface area contributed by atoms with E-state index in [4.69, 9.17) is 27.9 Å². The van der Waals surface area contributed by atoms with Crippen molar-refractivity contribution in [2.75, 3.05) is 11.9 Å². The molecule has 0 atom stereocenters. The molecule has 0 spiro atoms. The average molecular weight is 297 g/mol. The van der Waals surface area contributed by atoms with E-state index in [-0.39, 0.29) is 12.5 Å². The van der Waals surface area contributed by atoms with E-state index in [9.17, 15) is 4.79 Å². The normalized spacial score (nSPS) is 10.0. The smallest absolute Gasteiger partial charge is 0.262 e. The second-order valence-corrected chi connectivity index (χ2v) is 4.49. The van der Waals surface area contributed by atoms with Gasteiger partial charge in [-0.3, -0.25) is 4.79 Å². The highest BCUT2D eigenvalue weighted by atomic mass is 35.5. The zero-order valence-corrected chi connectivity index (χ0v) is 11.3. The van der Waals surface area contributed by atoms with Crippen molar-refractivity contribution < 1.29 is 9.53 Å².